The summed E-state index contributed by atoms with van der Waals surface area (Å²) in [5.74, 6) is 3.29. The molecule has 4 aliphatic rings. The van der Waals surface area contributed by atoms with Gasteiger partial charge in [-0.3, -0.25) is 4.18 Å². The van der Waals surface area contributed by atoms with E-state index in [2.05, 4.69) is 13.8 Å². The number of hydrogen-bond donors (Lipinski definition) is 0. The molecule has 3 nitrogen and oxygen atoms in total. The van der Waals surface area contributed by atoms with Crippen molar-refractivity contribution in [3.8, 4) is 0 Å². The number of benzene rings is 1. The predicted molar refractivity (Wildman–Crippen MR) is 115 cm³/mol. The van der Waals surface area contributed by atoms with E-state index in [4.69, 9.17) is 4.18 Å². The van der Waals surface area contributed by atoms with Crippen LogP contribution in [0, 0.1) is 34.5 Å². The summed E-state index contributed by atoms with van der Waals surface area (Å²) in [7, 11) is -3.66. The van der Waals surface area contributed by atoms with E-state index in [1.165, 1.54) is 44.9 Å². The van der Waals surface area contributed by atoms with Gasteiger partial charge in [-0.15, -0.1) is 0 Å². The molecule has 0 unspecified atom stereocenters. The van der Waals surface area contributed by atoms with E-state index in [-0.39, 0.29) is 11.0 Å². The number of rotatable bonds is 3. The average Bonchev–Trinajstić information content (AvgIpc) is 3.10. The summed E-state index contributed by atoms with van der Waals surface area (Å²) in [6.45, 7) is 5.10. The number of fused-ring (bicyclic) bond motifs is 5. The molecular formula is C25H36O3S. The lowest BCUT2D eigenvalue weighted by molar-refractivity contribution is -0.117. The Morgan fingerprint density at radius 3 is 2.48 bits per heavy atom. The normalized spacial score (nSPS) is 44.6. The second kappa shape index (κ2) is 7.09. The summed E-state index contributed by atoms with van der Waals surface area (Å²) < 4.78 is 31.2. The van der Waals surface area contributed by atoms with Crippen molar-refractivity contribution in [2.45, 2.75) is 89.1 Å². The molecule has 29 heavy (non-hydrogen) atoms. The maximum absolute atomic E-state index is 12.7. The molecule has 160 valence electrons. The van der Waals surface area contributed by atoms with Crippen LogP contribution in [0.15, 0.2) is 35.2 Å². The van der Waals surface area contributed by atoms with Crippen LogP contribution < -0.4 is 0 Å². The van der Waals surface area contributed by atoms with E-state index in [0.717, 1.165) is 37.0 Å². The highest BCUT2D eigenvalue weighted by Crippen LogP contribution is 2.66. The summed E-state index contributed by atoms with van der Waals surface area (Å²) >= 11 is 0. The highest BCUT2D eigenvalue weighted by atomic mass is 32.2. The Morgan fingerprint density at radius 2 is 1.69 bits per heavy atom. The van der Waals surface area contributed by atoms with Crippen LogP contribution in [0.1, 0.15) is 78.1 Å². The molecule has 0 aromatic heterocycles. The van der Waals surface area contributed by atoms with Crippen molar-refractivity contribution in [1.29, 1.82) is 0 Å². The van der Waals surface area contributed by atoms with Gasteiger partial charge >= 0.3 is 0 Å². The third-order valence-electron chi connectivity index (χ3n) is 9.69. The smallest absolute Gasteiger partial charge is 0.263 e. The Labute approximate surface area is 176 Å². The zero-order valence-corrected chi connectivity index (χ0v) is 18.8. The summed E-state index contributed by atoms with van der Waals surface area (Å²) in [6.07, 6.45) is 12.5. The molecule has 0 heterocycles. The predicted octanol–water partition coefficient (Wildman–Crippen LogP) is 6.19. The van der Waals surface area contributed by atoms with Crippen molar-refractivity contribution < 1.29 is 12.6 Å². The second-order valence-electron chi connectivity index (χ2n) is 11.0. The van der Waals surface area contributed by atoms with Crippen LogP contribution in [0.25, 0.3) is 0 Å². The first-order valence-electron chi connectivity index (χ1n) is 11.8. The van der Waals surface area contributed by atoms with E-state index >= 15 is 0 Å². The van der Waals surface area contributed by atoms with Crippen molar-refractivity contribution in [2.24, 2.45) is 34.5 Å². The molecule has 0 saturated heterocycles. The number of hydrogen-bond acceptors (Lipinski definition) is 3. The van der Waals surface area contributed by atoms with Crippen LogP contribution in [0.5, 0.6) is 0 Å². The fraction of sp³-hybridized carbons (Fsp3) is 0.760. The van der Waals surface area contributed by atoms with Crippen LogP contribution in [-0.2, 0) is 14.3 Å². The van der Waals surface area contributed by atoms with Gasteiger partial charge in [0.15, 0.2) is 0 Å². The van der Waals surface area contributed by atoms with Crippen LogP contribution in [0.3, 0.4) is 0 Å². The minimum Gasteiger partial charge on any atom is -0.263 e. The van der Waals surface area contributed by atoms with Crippen molar-refractivity contribution >= 4 is 10.1 Å². The molecule has 1 aromatic rings. The van der Waals surface area contributed by atoms with Gasteiger partial charge in [0.2, 0.25) is 0 Å². The standard InChI is InChI=1S/C25H36O3S/c1-24-14-6-9-22(24)21-11-10-18-17-19(12-16-25(18,2)23(21)13-15-24)28-29(26,27)20-7-4-3-5-8-20/h3-5,7-8,18-19,21-23H,6,9-17H2,1-2H3/t18-,19+,21-,22-,23-,24-,25-/m0/s1. The van der Waals surface area contributed by atoms with Gasteiger partial charge in [0.25, 0.3) is 10.1 Å². The first-order chi connectivity index (χ1) is 13.8. The Balaban J connectivity index is 1.31. The van der Waals surface area contributed by atoms with Crippen LogP contribution in [0.2, 0.25) is 0 Å². The van der Waals surface area contributed by atoms with E-state index in [1.54, 1.807) is 24.3 Å². The third-order valence-corrected chi connectivity index (χ3v) is 11.1. The van der Waals surface area contributed by atoms with E-state index < -0.39 is 10.1 Å². The summed E-state index contributed by atoms with van der Waals surface area (Å²) in [5.41, 5.74) is 0.984. The van der Waals surface area contributed by atoms with Gasteiger partial charge in [0, 0.05) is 0 Å². The lowest BCUT2D eigenvalue weighted by atomic mass is 9.45. The summed E-state index contributed by atoms with van der Waals surface area (Å²) in [5, 5.41) is 0. The maximum Gasteiger partial charge on any atom is 0.297 e. The molecule has 5 rings (SSSR count). The topological polar surface area (TPSA) is 43.4 Å². The van der Waals surface area contributed by atoms with Gasteiger partial charge in [0.05, 0.1) is 11.0 Å². The first-order valence-corrected chi connectivity index (χ1v) is 13.2. The van der Waals surface area contributed by atoms with E-state index in [9.17, 15) is 8.42 Å². The molecule has 4 saturated carbocycles. The molecule has 0 bridgehead atoms. The molecule has 4 aliphatic carbocycles. The molecule has 0 spiro atoms. The molecule has 0 radical (unpaired) electrons. The Morgan fingerprint density at radius 1 is 0.897 bits per heavy atom. The zero-order valence-electron chi connectivity index (χ0n) is 18.0. The van der Waals surface area contributed by atoms with Crippen molar-refractivity contribution in [3.63, 3.8) is 0 Å². The average molecular weight is 417 g/mol. The Kier molecular flexibility index (Phi) is 4.90. The van der Waals surface area contributed by atoms with Crippen LogP contribution in [-0.4, -0.2) is 14.5 Å². The van der Waals surface area contributed by atoms with Crippen LogP contribution in [0.4, 0.5) is 0 Å². The molecular weight excluding hydrogens is 380 g/mol. The fourth-order valence-corrected chi connectivity index (χ4v) is 9.26. The van der Waals surface area contributed by atoms with Gasteiger partial charge in [-0.2, -0.15) is 8.42 Å². The summed E-state index contributed by atoms with van der Waals surface area (Å²) in [6, 6.07) is 8.62. The van der Waals surface area contributed by atoms with Gasteiger partial charge in [-0.25, -0.2) is 0 Å². The van der Waals surface area contributed by atoms with Crippen molar-refractivity contribution in [2.75, 3.05) is 0 Å². The third kappa shape index (κ3) is 3.29. The van der Waals surface area contributed by atoms with Gasteiger partial charge in [0.1, 0.15) is 0 Å². The molecule has 4 heteroatoms. The SMILES string of the molecule is C[C@@]12CCC[C@H]1[C@@H]1CC[C@H]3C[C@H](OS(=O)(=O)c4ccccc4)CC[C@]3(C)[C@H]1CC2. The summed E-state index contributed by atoms with van der Waals surface area (Å²) in [4.78, 5) is 0.282. The second-order valence-corrected chi connectivity index (χ2v) is 12.6. The Hall–Kier alpha value is -0.870. The van der Waals surface area contributed by atoms with Gasteiger partial charge in [-0.05, 0) is 104 Å². The molecule has 1 aromatic carbocycles. The first kappa shape index (κ1) is 20.1. The fourth-order valence-electron chi connectivity index (χ4n) is 8.12. The quantitative estimate of drug-likeness (QED) is 0.552. The van der Waals surface area contributed by atoms with Gasteiger partial charge in [-0.1, -0.05) is 38.5 Å². The molecule has 0 aliphatic heterocycles. The molecule has 0 amide bonds. The van der Waals surface area contributed by atoms with E-state index in [0.29, 0.717) is 16.7 Å². The lowest BCUT2D eigenvalue weighted by Gasteiger charge is -2.60. The highest BCUT2D eigenvalue weighted by molar-refractivity contribution is 7.86. The molecule has 4 fully saturated rings. The lowest BCUT2D eigenvalue weighted by Crippen LogP contribution is -2.53. The zero-order chi connectivity index (χ0) is 20.3. The molecule has 0 N–H and O–H groups in total. The van der Waals surface area contributed by atoms with E-state index in [1.807, 2.05) is 6.07 Å². The monoisotopic (exact) mass is 416 g/mol. The minimum absolute atomic E-state index is 0.157. The van der Waals surface area contributed by atoms with Crippen molar-refractivity contribution in [3.05, 3.63) is 30.3 Å². The van der Waals surface area contributed by atoms with Gasteiger partial charge < -0.3 is 0 Å². The highest BCUT2D eigenvalue weighted by Gasteiger charge is 2.58. The Bertz CT molecular complexity index is 850. The minimum atomic E-state index is -3.66. The van der Waals surface area contributed by atoms with Crippen molar-refractivity contribution in [1.82, 2.24) is 0 Å². The maximum atomic E-state index is 12.7. The molecule has 7 atom stereocenters. The van der Waals surface area contributed by atoms with Crippen LogP contribution >= 0.6 is 0 Å². The largest absolute Gasteiger partial charge is 0.297 e.